The highest BCUT2D eigenvalue weighted by Gasteiger charge is 2.47. The number of carbonyl (C=O) groups excluding carboxylic acids is 1. The second kappa shape index (κ2) is 7.15. The van der Waals surface area contributed by atoms with Gasteiger partial charge in [0.1, 0.15) is 24.4 Å². The Labute approximate surface area is 186 Å². The Morgan fingerprint density at radius 1 is 1.03 bits per heavy atom. The summed E-state index contributed by atoms with van der Waals surface area (Å²) in [6, 6.07) is 11.5. The molecule has 7 heteroatoms. The first-order valence-corrected chi connectivity index (χ1v) is 10.5. The molecule has 2 aromatic carbocycles. The highest BCUT2D eigenvalue weighted by atomic mass is 16.5. The molecule has 1 unspecified atom stereocenters. The molecule has 0 bridgehead atoms. The number of Topliss-reactive ketones (excluding diaryl/α,β-unsaturated/α-hetero) is 1. The highest BCUT2D eigenvalue weighted by Crippen LogP contribution is 2.51. The molecule has 0 radical (unpaired) electrons. The van der Waals surface area contributed by atoms with Gasteiger partial charge in [-0.2, -0.15) is 0 Å². The van der Waals surface area contributed by atoms with Gasteiger partial charge in [-0.15, -0.1) is 0 Å². The summed E-state index contributed by atoms with van der Waals surface area (Å²) in [5, 5.41) is 0. The molecule has 3 heterocycles. The van der Waals surface area contributed by atoms with Gasteiger partial charge in [-0.3, -0.25) is 4.79 Å². The molecule has 0 saturated heterocycles. The predicted octanol–water partition coefficient (Wildman–Crippen LogP) is 4.46. The van der Waals surface area contributed by atoms with Crippen LogP contribution in [0.15, 0.2) is 60.1 Å². The highest BCUT2D eigenvalue weighted by molar-refractivity contribution is 5.97. The van der Waals surface area contributed by atoms with E-state index in [1.54, 1.807) is 12.4 Å². The Morgan fingerprint density at radius 3 is 2.38 bits per heavy atom. The molecule has 162 valence electrons. The number of ether oxygens (including phenoxy) is 2. The third-order valence-electron chi connectivity index (χ3n) is 5.71. The van der Waals surface area contributed by atoms with Crippen molar-refractivity contribution in [3.05, 3.63) is 71.8 Å². The standard InChI is InChI=1S/C25H24N4O3/c1-24(2,3)10-20(30)16-5-7-22-19(9-16)25(13-31-23(26)29-25)18-8-15(4-6-21(18)32-22)17-11-27-14-28-12-17/h4-9,11-12,14H,10,13H2,1-3H3,(H2,26,29). The van der Waals surface area contributed by atoms with Crippen LogP contribution >= 0.6 is 0 Å². The number of aromatic nitrogens is 2. The molecule has 1 spiro atoms. The van der Waals surface area contributed by atoms with Gasteiger partial charge in [-0.25, -0.2) is 15.0 Å². The normalized spacial score (nSPS) is 18.9. The third kappa shape index (κ3) is 3.39. The van der Waals surface area contributed by atoms with Crippen molar-refractivity contribution in [2.75, 3.05) is 6.61 Å². The summed E-state index contributed by atoms with van der Waals surface area (Å²) in [6.07, 6.45) is 5.45. The van der Waals surface area contributed by atoms with Crippen LogP contribution < -0.4 is 10.5 Å². The van der Waals surface area contributed by atoms with E-state index in [1.807, 2.05) is 36.4 Å². The first-order valence-electron chi connectivity index (χ1n) is 10.5. The fourth-order valence-corrected chi connectivity index (χ4v) is 4.24. The molecule has 2 N–H and O–H groups in total. The number of nitrogens with two attached hydrogens (primary N) is 1. The summed E-state index contributed by atoms with van der Waals surface area (Å²) in [6.45, 7) is 6.38. The molecule has 2 aliphatic rings. The van der Waals surface area contributed by atoms with E-state index in [4.69, 9.17) is 20.2 Å². The zero-order chi connectivity index (χ0) is 22.5. The van der Waals surface area contributed by atoms with Crippen LogP contribution in [0, 0.1) is 5.41 Å². The average Bonchev–Trinajstić information content (AvgIpc) is 3.15. The van der Waals surface area contributed by atoms with Gasteiger partial charge in [0, 0.05) is 41.1 Å². The number of aliphatic imine (C=N–C) groups is 1. The van der Waals surface area contributed by atoms with Crippen LogP contribution in [0.4, 0.5) is 0 Å². The van der Waals surface area contributed by atoms with Crippen molar-refractivity contribution in [1.29, 1.82) is 0 Å². The second-order valence-corrected chi connectivity index (χ2v) is 9.41. The van der Waals surface area contributed by atoms with Gasteiger partial charge >= 0.3 is 0 Å². The summed E-state index contributed by atoms with van der Waals surface area (Å²) in [5.41, 5.74) is 9.00. The van der Waals surface area contributed by atoms with E-state index in [9.17, 15) is 4.79 Å². The predicted molar refractivity (Wildman–Crippen MR) is 121 cm³/mol. The maximum atomic E-state index is 13.0. The van der Waals surface area contributed by atoms with Gasteiger partial charge in [0.25, 0.3) is 6.02 Å². The van der Waals surface area contributed by atoms with Crippen LogP contribution in [0.1, 0.15) is 48.7 Å². The molecular weight excluding hydrogens is 404 g/mol. The average molecular weight is 428 g/mol. The first-order chi connectivity index (χ1) is 15.2. The van der Waals surface area contributed by atoms with Crippen LogP contribution in [-0.2, 0) is 10.3 Å². The molecule has 0 saturated carbocycles. The summed E-state index contributed by atoms with van der Waals surface area (Å²) in [4.78, 5) is 25.9. The van der Waals surface area contributed by atoms with Gasteiger partial charge in [0.2, 0.25) is 0 Å². The Balaban J connectivity index is 1.66. The van der Waals surface area contributed by atoms with Crippen molar-refractivity contribution in [2.24, 2.45) is 16.1 Å². The number of ketones is 1. The molecular formula is C25H24N4O3. The lowest BCUT2D eigenvalue weighted by Gasteiger charge is -2.34. The lowest BCUT2D eigenvalue weighted by atomic mass is 9.79. The quantitative estimate of drug-likeness (QED) is 0.619. The molecule has 3 aromatic rings. The fourth-order valence-electron chi connectivity index (χ4n) is 4.24. The summed E-state index contributed by atoms with van der Waals surface area (Å²) < 4.78 is 11.9. The van der Waals surface area contributed by atoms with Crippen LogP contribution in [0.25, 0.3) is 11.1 Å². The lowest BCUT2D eigenvalue weighted by Crippen LogP contribution is -2.31. The second-order valence-electron chi connectivity index (χ2n) is 9.41. The molecule has 7 nitrogen and oxygen atoms in total. The SMILES string of the molecule is CC(C)(C)CC(=O)c1ccc2c(c1)C1(COC(N)=N1)c1cc(-c3cncnc3)ccc1O2. The van der Waals surface area contributed by atoms with Crippen molar-refractivity contribution in [2.45, 2.75) is 32.7 Å². The third-order valence-corrected chi connectivity index (χ3v) is 5.71. The zero-order valence-electron chi connectivity index (χ0n) is 18.3. The largest absolute Gasteiger partial charge is 0.462 e. The van der Waals surface area contributed by atoms with Crippen molar-refractivity contribution in [1.82, 2.24) is 9.97 Å². The van der Waals surface area contributed by atoms with Crippen molar-refractivity contribution >= 4 is 11.8 Å². The van der Waals surface area contributed by atoms with Crippen molar-refractivity contribution in [3.8, 4) is 22.6 Å². The van der Waals surface area contributed by atoms with Gasteiger partial charge in [0.15, 0.2) is 11.3 Å². The number of carbonyl (C=O) groups is 1. The minimum absolute atomic E-state index is 0.0762. The van der Waals surface area contributed by atoms with Crippen LogP contribution in [0.2, 0.25) is 0 Å². The van der Waals surface area contributed by atoms with E-state index in [0.29, 0.717) is 23.5 Å². The molecule has 2 aliphatic heterocycles. The monoisotopic (exact) mass is 428 g/mol. The molecule has 1 aromatic heterocycles. The van der Waals surface area contributed by atoms with Gasteiger partial charge in [-0.1, -0.05) is 26.8 Å². The maximum absolute atomic E-state index is 13.0. The van der Waals surface area contributed by atoms with Crippen LogP contribution in [-0.4, -0.2) is 28.4 Å². The molecule has 1 atom stereocenters. The lowest BCUT2D eigenvalue weighted by molar-refractivity contribution is 0.0939. The number of fused-ring (bicyclic) bond motifs is 4. The van der Waals surface area contributed by atoms with Crippen molar-refractivity contribution in [3.63, 3.8) is 0 Å². The molecule has 5 rings (SSSR count). The van der Waals surface area contributed by atoms with Crippen LogP contribution in [0.5, 0.6) is 11.5 Å². The molecule has 0 amide bonds. The van der Waals surface area contributed by atoms with E-state index < -0.39 is 5.54 Å². The molecule has 0 aliphatic carbocycles. The maximum Gasteiger partial charge on any atom is 0.283 e. The van der Waals surface area contributed by atoms with Gasteiger partial charge in [-0.05, 0) is 41.3 Å². The number of benzene rings is 2. The van der Waals surface area contributed by atoms with Gasteiger partial charge in [0.05, 0.1) is 0 Å². The Kier molecular flexibility index (Phi) is 4.51. The summed E-state index contributed by atoms with van der Waals surface area (Å²) in [5.74, 6) is 1.39. The number of nitrogens with zero attached hydrogens (tertiary/aromatic N) is 3. The topological polar surface area (TPSA) is 99.7 Å². The van der Waals surface area contributed by atoms with E-state index in [0.717, 1.165) is 22.3 Å². The van der Waals surface area contributed by atoms with E-state index >= 15 is 0 Å². The number of rotatable bonds is 3. The summed E-state index contributed by atoms with van der Waals surface area (Å²) in [7, 11) is 0. The Hall–Kier alpha value is -3.74. The number of amidine groups is 1. The first kappa shape index (κ1) is 20.2. The van der Waals surface area contributed by atoms with E-state index in [-0.39, 0.29) is 23.8 Å². The minimum atomic E-state index is -0.892. The van der Waals surface area contributed by atoms with Crippen molar-refractivity contribution < 1.29 is 14.3 Å². The van der Waals surface area contributed by atoms with E-state index in [1.165, 1.54) is 6.33 Å². The van der Waals surface area contributed by atoms with E-state index in [2.05, 4.69) is 30.7 Å². The van der Waals surface area contributed by atoms with Crippen LogP contribution in [0.3, 0.4) is 0 Å². The zero-order valence-corrected chi connectivity index (χ0v) is 18.3. The minimum Gasteiger partial charge on any atom is -0.462 e. The summed E-state index contributed by atoms with van der Waals surface area (Å²) >= 11 is 0. The smallest absolute Gasteiger partial charge is 0.283 e. The fraction of sp³-hybridized carbons (Fsp3) is 0.280. The number of hydrogen-bond acceptors (Lipinski definition) is 7. The number of hydrogen-bond donors (Lipinski definition) is 1. The molecule has 32 heavy (non-hydrogen) atoms. The Bertz CT molecular complexity index is 1250. The van der Waals surface area contributed by atoms with Gasteiger partial charge < -0.3 is 15.2 Å². The molecule has 0 fully saturated rings. The Morgan fingerprint density at radius 2 is 1.72 bits per heavy atom.